The monoisotopic (exact) mass is 529 g/mol. The molecular weight excluding hydrogens is 513 g/mol. The van der Waals surface area contributed by atoms with Gasteiger partial charge in [0.1, 0.15) is 11.3 Å². The Kier molecular flexibility index (Phi) is 5.96. The number of anilines is 1. The molecule has 0 aliphatic rings. The number of halogens is 1. The summed E-state index contributed by atoms with van der Waals surface area (Å²) in [5.74, 6) is 1.01. The van der Waals surface area contributed by atoms with Gasteiger partial charge in [0.15, 0.2) is 10.7 Å². The molecule has 0 radical (unpaired) electrons. The quantitative estimate of drug-likeness (QED) is 0.279. The summed E-state index contributed by atoms with van der Waals surface area (Å²) in [5, 5.41) is 5.90. The first-order valence-electron chi connectivity index (χ1n) is 8.95. The number of benzene rings is 3. The lowest BCUT2D eigenvalue weighted by Gasteiger charge is -2.09. The van der Waals surface area contributed by atoms with Crippen LogP contribution in [-0.4, -0.2) is 23.1 Å². The molecule has 0 fully saturated rings. The number of fused-ring (bicyclic) bond motifs is 1. The molecule has 0 spiro atoms. The van der Waals surface area contributed by atoms with E-state index in [1.54, 1.807) is 19.2 Å². The number of hydrogen-bond donors (Lipinski definition) is 2. The van der Waals surface area contributed by atoms with Crippen LogP contribution in [0.1, 0.15) is 10.4 Å². The molecule has 1 heterocycles. The lowest BCUT2D eigenvalue weighted by atomic mass is 10.2. The maximum Gasteiger partial charge on any atom is 0.257 e. The number of methoxy groups -OCH3 is 1. The summed E-state index contributed by atoms with van der Waals surface area (Å²) in [5.41, 5.74) is 3.42. The van der Waals surface area contributed by atoms with Crippen LogP contribution in [0.3, 0.4) is 0 Å². The van der Waals surface area contributed by atoms with Gasteiger partial charge in [-0.05, 0) is 95.5 Å². The average molecular weight is 529 g/mol. The van der Waals surface area contributed by atoms with Crippen molar-refractivity contribution < 1.29 is 13.9 Å². The molecule has 0 bridgehead atoms. The summed E-state index contributed by atoms with van der Waals surface area (Å²) in [4.78, 5) is 16.9. The zero-order valence-corrected chi connectivity index (χ0v) is 18.8. The Bertz CT molecular complexity index is 1240. The third-order valence-electron chi connectivity index (χ3n) is 4.30. The molecule has 0 aliphatic heterocycles. The maximum atomic E-state index is 12.3. The number of rotatable bonds is 4. The zero-order chi connectivity index (χ0) is 21.1. The Morgan fingerprint density at radius 1 is 1.10 bits per heavy atom. The van der Waals surface area contributed by atoms with E-state index in [0.29, 0.717) is 28.2 Å². The fourth-order valence-electron chi connectivity index (χ4n) is 2.83. The van der Waals surface area contributed by atoms with Crippen LogP contribution in [-0.2, 0) is 0 Å². The molecule has 6 nitrogen and oxygen atoms in total. The number of aromatic nitrogens is 1. The number of carbonyl (C=O) groups excluding carboxylic acids is 1. The SMILES string of the molecule is COc1ccc(-c2nc3cc(NC(=S)NC(=O)c4cccc(I)c4)ccc3o2)cc1. The topological polar surface area (TPSA) is 76.4 Å². The van der Waals surface area contributed by atoms with Crippen molar-refractivity contribution in [1.82, 2.24) is 10.3 Å². The zero-order valence-electron chi connectivity index (χ0n) is 15.8. The smallest absolute Gasteiger partial charge is 0.257 e. The van der Waals surface area contributed by atoms with Crippen molar-refractivity contribution in [3.05, 3.63) is 75.9 Å². The molecule has 0 saturated carbocycles. The highest BCUT2D eigenvalue weighted by atomic mass is 127. The highest BCUT2D eigenvalue weighted by Crippen LogP contribution is 2.27. The van der Waals surface area contributed by atoms with Crippen LogP contribution in [0, 0.1) is 3.57 Å². The Balaban J connectivity index is 1.47. The summed E-state index contributed by atoms with van der Waals surface area (Å²) in [6, 6.07) is 20.2. The molecular formula is C22H16IN3O3S. The van der Waals surface area contributed by atoms with E-state index >= 15 is 0 Å². The minimum absolute atomic E-state index is 0.206. The Labute approximate surface area is 191 Å². The van der Waals surface area contributed by atoms with Crippen molar-refractivity contribution >= 4 is 62.6 Å². The van der Waals surface area contributed by atoms with Gasteiger partial charge in [0, 0.05) is 20.4 Å². The van der Waals surface area contributed by atoms with Crippen molar-refractivity contribution in [1.29, 1.82) is 0 Å². The Morgan fingerprint density at radius 2 is 1.90 bits per heavy atom. The van der Waals surface area contributed by atoms with E-state index in [4.69, 9.17) is 21.4 Å². The maximum absolute atomic E-state index is 12.3. The number of ether oxygens (including phenoxy) is 1. The minimum atomic E-state index is -0.268. The van der Waals surface area contributed by atoms with Crippen molar-refractivity contribution in [2.75, 3.05) is 12.4 Å². The summed E-state index contributed by atoms with van der Waals surface area (Å²) in [6.07, 6.45) is 0. The van der Waals surface area contributed by atoms with Gasteiger partial charge in [0.25, 0.3) is 5.91 Å². The first-order chi connectivity index (χ1) is 14.5. The molecule has 4 rings (SSSR count). The lowest BCUT2D eigenvalue weighted by molar-refractivity contribution is 0.0977. The van der Waals surface area contributed by atoms with Crippen LogP contribution in [0.2, 0.25) is 0 Å². The fourth-order valence-corrected chi connectivity index (χ4v) is 3.58. The number of thiocarbonyl (C=S) groups is 1. The highest BCUT2D eigenvalue weighted by molar-refractivity contribution is 14.1. The van der Waals surface area contributed by atoms with Crippen LogP contribution in [0.5, 0.6) is 5.75 Å². The predicted octanol–water partition coefficient (Wildman–Crippen LogP) is 5.23. The van der Waals surface area contributed by atoms with E-state index in [9.17, 15) is 4.79 Å². The number of amides is 1. The Hall–Kier alpha value is -2.98. The molecule has 150 valence electrons. The second-order valence-electron chi connectivity index (χ2n) is 6.35. The van der Waals surface area contributed by atoms with Crippen molar-refractivity contribution in [3.63, 3.8) is 0 Å². The first-order valence-corrected chi connectivity index (χ1v) is 10.4. The number of oxazole rings is 1. The molecule has 3 aromatic carbocycles. The highest BCUT2D eigenvalue weighted by Gasteiger charge is 2.11. The minimum Gasteiger partial charge on any atom is -0.497 e. The van der Waals surface area contributed by atoms with Crippen LogP contribution < -0.4 is 15.4 Å². The number of carbonyl (C=O) groups is 1. The molecule has 4 aromatic rings. The summed E-state index contributed by atoms with van der Waals surface area (Å²) in [6.45, 7) is 0. The molecule has 0 atom stereocenters. The van der Waals surface area contributed by atoms with Crippen LogP contribution in [0.4, 0.5) is 5.69 Å². The summed E-state index contributed by atoms with van der Waals surface area (Å²) >= 11 is 7.43. The standard InChI is InChI=1S/C22H16IN3O3S/c1-28-17-8-5-13(6-9-17)21-25-18-12-16(7-10-19(18)29-21)24-22(30)26-20(27)14-3-2-4-15(23)11-14/h2-12H,1H3,(H2,24,26,27,30). The number of nitrogens with one attached hydrogen (secondary N) is 2. The number of hydrogen-bond acceptors (Lipinski definition) is 5. The number of nitrogens with zero attached hydrogens (tertiary/aromatic N) is 1. The van der Waals surface area contributed by atoms with Gasteiger partial charge in [0.2, 0.25) is 5.89 Å². The van der Waals surface area contributed by atoms with Gasteiger partial charge in [0.05, 0.1) is 7.11 Å². The van der Waals surface area contributed by atoms with Crippen molar-refractivity contribution in [3.8, 4) is 17.2 Å². The van der Waals surface area contributed by atoms with E-state index in [1.165, 1.54) is 0 Å². The largest absolute Gasteiger partial charge is 0.497 e. The van der Waals surface area contributed by atoms with Crippen LogP contribution in [0.25, 0.3) is 22.6 Å². The predicted molar refractivity (Wildman–Crippen MR) is 129 cm³/mol. The van der Waals surface area contributed by atoms with Gasteiger partial charge in [-0.15, -0.1) is 0 Å². The summed E-state index contributed by atoms with van der Waals surface area (Å²) < 4.78 is 12.0. The van der Waals surface area contributed by atoms with E-state index in [0.717, 1.165) is 14.9 Å². The van der Waals surface area contributed by atoms with Gasteiger partial charge < -0.3 is 14.5 Å². The second kappa shape index (κ2) is 8.80. The summed E-state index contributed by atoms with van der Waals surface area (Å²) in [7, 11) is 1.62. The van der Waals surface area contributed by atoms with Crippen molar-refractivity contribution in [2.24, 2.45) is 0 Å². The van der Waals surface area contributed by atoms with Gasteiger partial charge in [-0.25, -0.2) is 4.98 Å². The van der Waals surface area contributed by atoms with Gasteiger partial charge in [-0.2, -0.15) is 0 Å². The van der Waals surface area contributed by atoms with Gasteiger partial charge in [-0.1, -0.05) is 6.07 Å². The Morgan fingerprint density at radius 3 is 2.63 bits per heavy atom. The molecule has 0 saturated heterocycles. The molecule has 1 aromatic heterocycles. The molecule has 0 unspecified atom stereocenters. The first kappa shape index (κ1) is 20.3. The third kappa shape index (κ3) is 4.60. The van der Waals surface area contributed by atoms with Crippen LogP contribution in [0.15, 0.2) is 71.1 Å². The lowest BCUT2D eigenvalue weighted by Crippen LogP contribution is -2.34. The molecule has 30 heavy (non-hydrogen) atoms. The molecule has 2 N–H and O–H groups in total. The normalized spacial score (nSPS) is 10.6. The second-order valence-corrected chi connectivity index (χ2v) is 8.00. The molecule has 8 heteroatoms. The molecule has 1 amide bonds. The third-order valence-corrected chi connectivity index (χ3v) is 5.17. The van der Waals surface area contributed by atoms with Crippen molar-refractivity contribution in [2.45, 2.75) is 0 Å². The average Bonchev–Trinajstić information content (AvgIpc) is 3.17. The van der Waals surface area contributed by atoms with E-state index in [1.807, 2.05) is 54.6 Å². The van der Waals surface area contributed by atoms with Crippen LogP contribution >= 0.6 is 34.8 Å². The van der Waals surface area contributed by atoms with E-state index in [-0.39, 0.29) is 11.0 Å². The molecule has 0 aliphatic carbocycles. The van der Waals surface area contributed by atoms with E-state index in [2.05, 4.69) is 38.2 Å². The van der Waals surface area contributed by atoms with Gasteiger partial charge >= 0.3 is 0 Å². The van der Waals surface area contributed by atoms with E-state index < -0.39 is 0 Å². The fraction of sp³-hybridized carbons (Fsp3) is 0.0455. The van der Waals surface area contributed by atoms with Gasteiger partial charge in [-0.3, -0.25) is 10.1 Å².